The topological polar surface area (TPSA) is 94.2 Å². The molecule has 2 heterocycles. The first-order chi connectivity index (χ1) is 17.1. The molecular weight excluding hydrogens is 480 g/mol. The number of carbonyl (C=O) groups is 1. The maximum atomic E-state index is 13.1. The van der Waals surface area contributed by atoms with Crippen molar-refractivity contribution in [3.63, 3.8) is 0 Å². The first kappa shape index (κ1) is 26.3. The summed E-state index contributed by atoms with van der Waals surface area (Å²) in [6.07, 6.45) is 4.00. The van der Waals surface area contributed by atoms with Gasteiger partial charge in [-0.05, 0) is 69.0 Å². The van der Waals surface area contributed by atoms with Gasteiger partial charge in [-0.3, -0.25) is 4.79 Å². The minimum atomic E-state index is -3.57. The lowest BCUT2D eigenvalue weighted by atomic mass is 9.89. The second kappa shape index (κ2) is 10.7. The lowest BCUT2D eigenvalue weighted by molar-refractivity contribution is -0.122. The van der Waals surface area contributed by atoms with Crippen LogP contribution in [0.4, 0.5) is 0 Å². The Kier molecular flexibility index (Phi) is 7.80. The van der Waals surface area contributed by atoms with Gasteiger partial charge in [0, 0.05) is 37.6 Å². The molecule has 2 aliphatic rings. The van der Waals surface area contributed by atoms with Crippen molar-refractivity contribution in [3.8, 4) is 17.2 Å². The molecule has 0 aromatic heterocycles. The third kappa shape index (κ3) is 5.78. The molecular formula is C27H36N2O6S. The smallest absolute Gasteiger partial charge is 0.243 e. The molecule has 8 nitrogen and oxygen atoms in total. The summed E-state index contributed by atoms with van der Waals surface area (Å²) in [5.74, 6) is 1.85. The quantitative estimate of drug-likeness (QED) is 0.564. The molecule has 4 rings (SSSR count). The highest BCUT2D eigenvalue weighted by atomic mass is 32.2. The summed E-state index contributed by atoms with van der Waals surface area (Å²) in [6.45, 7) is 5.07. The zero-order chi connectivity index (χ0) is 25.9. The lowest BCUT2D eigenvalue weighted by Gasteiger charge is -2.38. The summed E-state index contributed by atoms with van der Waals surface area (Å²) >= 11 is 0. The average Bonchev–Trinajstić information content (AvgIpc) is 2.86. The van der Waals surface area contributed by atoms with Crippen molar-refractivity contribution in [2.45, 2.75) is 68.9 Å². The third-order valence-corrected chi connectivity index (χ3v) is 8.73. The van der Waals surface area contributed by atoms with E-state index in [0.717, 1.165) is 24.8 Å². The maximum Gasteiger partial charge on any atom is 0.243 e. The van der Waals surface area contributed by atoms with E-state index in [1.165, 1.54) is 0 Å². The standard InChI is InChI=1S/C27H36N2O6S/c1-27(2)18-23(22-11-9-20(33-3)17-25(22)35-27)28-26(30)13-8-19-16-21(10-12-24(19)34-4)36(31,32)29-14-6-5-7-15-29/h9-12,16-17,23H,5-8,13-15,18H2,1-4H3,(H,28,30). The van der Waals surface area contributed by atoms with Crippen LogP contribution in [0.15, 0.2) is 41.3 Å². The minimum absolute atomic E-state index is 0.120. The van der Waals surface area contributed by atoms with Crippen molar-refractivity contribution in [3.05, 3.63) is 47.5 Å². The molecule has 1 unspecified atom stereocenters. The van der Waals surface area contributed by atoms with Gasteiger partial charge in [-0.1, -0.05) is 6.42 Å². The molecule has 0 saturated carbocycles. The van der Waals surface area contributed by atoms with Crippen molar-refractivity contribution in [1.82, 2.24) is 9.62 Å². The SMILES string of the molecule is COc1ccc2c(c1)OC(C)(C)CC2NC(=O)CCc1cc(S(=O)(=O)N2CCCCC2)ccc1OC. The molecule has 0 bridgehead atoms. The van der Waals surface area contributed by atoms with E-state index >= 15 is 0 Å². The average molecular weight is 517 g/mol. The van der Waals surface area contributed by atoms with Crippen molar-refractivity contribution >= 4 is 15.9 Å². The van der Waals surface area contributed by atoms with Gasteiger partial charge in [0.1, 0.15) is 22.8 Å². The van der Waals surface area contributed by atoms with Crippen LogP contribution in [0, 0.1) is 0 Å². The molecule has 1 N–H and O–H groups in total. The van der Waals surface area contributed by atoms with Gasteiger partial charge < -0.3 is 19.5 Å². The fourth-order valence-electron chi connectivity index (χ4n) is 4.97. The number of amides is 1. The molecule has 2 aromatic carbocycles. The van der Waals surface area contributed by atoms with Crippen LogP contribution in [0.5, 0.6) is 17.2 Å². The Morgan fingerprint density at radius 2 is 1.83 bits per heavy atom. The molecule has 1 amide bonds. The van der Waals surface area contributed by atoms with E-state index in [0.29, 0.717) is 48.7 Å². The van der Waals surface area contributed by atoms with E-state index in [1.807, 2.05) is 32.0 Å². The van der Waals surface area contributed by atoms with Crippen LogP contribution >= 0.6 is 0 Å². The van der Waals surface area contributed by atoms with E-state index in [-0.39, 0.29) is 23.3 Å². The molecule has 1 fully saturated rings. The van der Waals surface area contributed by atoms with E-state index in [2.05, 4.69) is 5.32 Å². The number of ether oxygens (including phenoxy) is 3. The van der Waals surface area contributed by atoms with Crippen LogP contribution in [0.2, 0.25) is 0 Å². The van der Waals surface area contributed by atoms with Gasteiger partial charge in [0.05, 0.1) is 25.2 Å². The second-order valence-electron chi connectivity index (χ2n) is 10.0. The van der Waals surface area contributed by atoms with Crippen LogP contribution in [0.3, 0.4) is 0 Å². The molecule has 0 spiro atoms. The van der Waals surface area contributed by atoms with Crippen molar-refractivity contribution in [2.24, 2.45) is 0 Å². The van der Waals surface area contributed by atoms with Gasteiger partial charge in [-0.15, -0.1) is 0 Å². The Balaban J connectivity index is 1.48. The van der Waals surface area contributed by atoms with Gasteiger partial charge in [-0.2, -0.15) is 4.31 Å². The summed E-state index contributed by atoms with van der Waals surface area (Å²) < 4.78 is 44.8. The number of rotatable bonds is 8. The number of methoxy groups -OCH3 is 2. The molecule has 9 heteroatoms. The number of fused-ring (bicyclic) bond motifs is 1. The first-order valence-corrected chi connectivity index (χ1v) is 13.9. The fraction of sp³-hybridized carbons (Fsp3) is 0.519. The lowest BCUT2D eigenvalue weighted by Crippen LogP contribution is -2.41. The fourth-order valence-corrected chi connectivity index (χ4v) is 6.54. The number of carbonyl (C=O) groups excluding carboxylic acids is 1. The molecule has 2 aromatic rings. The van der Waals surface area contributed by atoms with Crippen molar-refractivity contribution < 1.29 is 27.4 Å². The number of aryl methyl sites for hydroxylation is 1. The maximum absolute atomic E-state index is 13.1. The number of piperidine rings is 1. The Labute approximate surface area is 214 Å². The zero-order valence-electron chi connectivity index (χ0n) is 21.5. The highest BCUT2D eigenvalue weighted by Crippen LogP contribution is 2.41. The van der Waals surface area contributed by atoms with Gasteiger partial charge in [0.25, 0.3) is 0 Å². The van der Waals surface area contributed by atoms with E-state index in [1.54, 1.807) is 36.7 Å². The third-order valence-electron chi connectivity index (χ3n) is 6.84. The van der Waals surface area contributed by atoms with E-state index in [4.69, 9.17) is 14.2 Å². The molecule has 36 heavy (non-hydrogen) atoms. The van der Waals surface area contributed by atoms with Crippen LogP contribution in [0.25, 0.3) is 0 Å². The largest absolute Gasteiger partial charge is 0.497 e. The van der Waals surface area contributed by atoms with Gasteiger partial charge in [0.2, 0.25) is 15.9 Å². The Hall–Kier alpha value is -2.78. The molecule has 1 atom stereocenters. The first-order valence-electron chi connectivity index (χ1n) is 12.5. The summed E-state index contributed by atoms with van der Waals surface area (Å²) in [7, 11) is -0.414. The van der Waals surface area contributed by atoms with E-state index in [9.17, 15) is 13.2 Å². The molecule has 196 valence electrons. The number of sulfonamides is 1. The second-order valence-corrected chi connectivity index (χ2v) is 12.0. The summed E-state index contributed by atoms with van der Waals surface area (Å²) in [6, 6.07) is 10.3. The van der Waals surface area contributed by atoms with E-state index < -0.39 is 15.6 Å². The Morgan fingerprint density at radius 1 is 1.08 bits per heavy atom. The number of hydrogen-bond acceptors (Lipinski definition) is 6. The predicted molar refractivity (Wildman–Crippen MR) is 137 cm³/mol. The predicted octanol–water partition coefficient (Wildman–Crippen LogP) is 4.23. The number of nitrogens with zero attached hydrogens (tertiary/aromatic N) is 1. The number of nitrogens with one attached hydrogen (secondary N) is 1. The van der Waals surface area contributed by atoms with Gasteiger partial charge in [0.15, 0.2) is 0 Å². The zero-order valence-corrected chi connectivity index (χ0v) is 22.3. The summed E-state index contributed by atoms with van der Waals surface area (Å²) in [4.78, 5) is 13.3. The Morgan fingerprint density at radius 3 is 2.53 bits per heavy atom. The Bertz CT molecular complexity index is 1200. The van der Waals surface area contributed by atoms with Gasteiger partial charge >= 0.3 is 0 Å². The van der Waals surface area contributed by atoms with Crippen LogP contribution in [-0.2, 0) is 21.2 Å². The number of benzene rings is 2. The van der Waals surface area contributed by atoms with Crippen LogP contribution < -0.4 is 19.5 Å². The van der Waals surface area contributed by atoms with Gasteiger partial charge in [-0.25, -0.2) is 8.42 Å². The van der Waals surface area contributed by atoms with Crippen LogP contribution in [0.1, 0.15) is 63.1 Å². The highest BCUT2D eigenvalue weighted by Gasteiger charge is 2.35. The summed E-state index contributed by atoms with van der Waals surface area (Å²) in [5, 5.41) is 3.15. The molecule has 0 aliphatic carbocycles. The number of hydrogen-bond donors (Lipinski definition) is 1. The minimum Gasteiger partial charge on any atom is -0.497 e. The van der Waals surface area contributed by atoms with Crippen LogP contribution in [-0.4, -0.2) is 51.5 Å². The molecule has 1 saturated heterocycles. The molecule has 2 aliphatic heterocycles. The normalized spacial score (nSPS) is 19.6. The highest BCUT2D eigenvalue weighted by molar-refractivity contribution is 7.89. The van der Waals surface area contributed by atoms with Crippen molar-refractivity contribution in [1.29, 1.82) is 0 Å². The van der Waals surface area contributed by atoms with Crippen molar-refractivity contribution in [2.75, 3.05) is 27.3 Å². The monoisotopic (exact) mass is 516 g/mol. The summed E-state index contributed by atoms with van der Waals surface area (Å²) in [5.41, 5.74) is 1.16. The molecule has 0 radical (unpaired) electrons.